The van der Waals surface area contributed by atoms with Crippen LogP contribution < -0.4 is 16.2 Å². The molecule has 1 heterocycles. The smallest absolute Gasteiger partial charge is 0.333 e. The maximum absolute atomic E-state index is 14.1. The highest BCUT2D eigenvalue weighted by Crippen LogP contribution is 2.24. The molecule has 0 saturated heterocycles. The molecule has 0 aliphatic rings. The van der Waals surface area contributed by atoms with Crippen molar-refractivity contribution in [1.82, 2.24) is 20.7 Å². The fourth-order valence-corrected chi connectivity index (χ4v) is 2.48. The summed E-state index contributed by atoms with van der Waals surface area (Å²) in [7, 11) is 1.39. The summed E-state index contributed by atoms with van der Waals surface area (Å²) < 4.78 is 15.8. The molecule has 8 heteroatoms. The molecule has 26 heavy (non-hydrogen) atoms. The Morgan fingerprint density at radius 3 is 2.54 bits per heavy atom. The van der Waals surface area contributed by atoms with Gasteiger partial charge in [0.25, 0.3) is 5.91 Å². The van der Waals surface area contributed by atoms with Crippen LogP contribution in [0.4, 0.5) is 9.18 Å². The largest absolute Gasteiger partial charge is 0.340 e. The van der Waals surface area contributed by atoms with E-state index in [1.165, 1.54) is 19.2 Å². The Balaban J connectivity index is 2.37. The average Bonchev–Trinajstić information content (AvgIpc) is 2.91. The first kappa shape index (κ1) is 18.7. The number of rotatable bonds is 3. The average molecular weight is 355 g/mol. The molecule has 3 N–H and O–H groups in total. The summed E-state index contributed by atoms with van der Waals surface area (Å²) in [6, 6.07) is 9.26. The second kappa shape index (κ2) is 7.98. The van der Waals surface area contributed by atoms with Crippen LogP contribution in [0.5, 0.6) is 0 Å². The van der Waals surface area contributed by atoms with Gasteiger partial charge in [-0.1, -0.05) is 12.1 Å². The van der Waals surface area contributed by atoms with Gasteiger partial charge < -0.3 is 9.88 Å². The second-order valence-corrected chi connectivity index (χ2v) is 5.44. The van der Waals surface area contributed by atoms with Crippen LogP contribution in [0.15, 0.2) is 35.9 Å². The van der Waals surface area contributed by atoms with Crippen molar-refractivity contribution in [2.45, 2.75) is 13.8 Å². The third-order valence-electron chi connectivity index (χ3n) is 3.75. The predicted octanol–water partition coefficient (Wildman–Crippen LogP) is 2.10. The molecule has 0 spiro atoms. The first-order valence-electron chi connectivity index (χ1n) is 7.72. The van der Waals surface area contributed by atoms with Gasteiger partial charge in [-0.2, -0.15) is 5.26 Å². The zero-order valence-corrected chi connectivity index (χ0v) is 14.6. The van der Waals surface area contributed by atoms with E-state index < -0.39 is 11.9 Å². The Hall–Kier alpha value is -3.60. The predicted molar refractivity (Wildman–Crippen MR) is 94.5 cm³/mol. The number of hydrogen-bond acceptors (Lipinski definition) is 3. The molecule has 3 amide bonds. The number of nitrogens with one attached hydrogen (secondary N) is 3. The van der Waals surface area contributed by atoms with Gasteiger partial charge in [-0.3, -0.25) is 10.2 Å². The van der Waals surface area contributed by atoms with Crippen LogP contribution >= 0.6 is 0 Å². The zero-order valence-electron chi connectivity index (χ0n) is 14.6. The number of nitrogens with zero attached hydrogens (tertiary/aromatic N) is 2. The Morgan fingerprint density at radius 1 is 1.23 bits per heavy atom. The van der Waals surface area contributed by atoms with Crippen molar-refractivity contribution in [3.05, 3.63) is 58.7 Å². The summed E-state index contributed by atoms with van der Waals surface area (Å²) in [6.07, 6.45) is 1.39. The van der Waals surface area contributed by atoms with E-state index in [1.807, 2.05) is 0 Å². The SMILES string of the molecule is CNC(=O)NNC(=O)/C(C#N)=C/c1cc(C)n(-c2ccccc2F)c1C. The van der Waals surface area contributed by atoms with Crippen molar-refractivity contribution in [3.63, 3.8) is 0 Å². The third kappa shape index (κ3) is 3.89. The summed E-state index contributed by atoms with van der Waals surface area (Å²) in [4.78, 5) is 23.1. The standard InChI is InChI=1S/C18H18FN5O2/c1-11-8-13(9-14(10-20)17(25)22-23-18(26)21-3)12(2)24(11)16-7-5-4-6-15(16)19/h4-9H,1-3H3,(H,22,25)(H2,21,23,26)/b14-9+. The normalized spacial score (nSPS) is 10.8. The number of carbonyl (C=O) groups excluding carboxylic acids is 2. The number of nitriles is 1. The van der Waals surface area contributed by atoms with E-state index in [4.69, 9.17) is 0 Å². The van der Waals surface area contributed by atoms with Crippen LogP contribution in [0.1, 0.15) is 17.0 Å². The second-order valence-electron chi connectivity index (χ2n) is 5.44. The van der Waals surface area contributed by atoms with E-state index in [1.54, 1.807) is 48.7 Å². The molecule has 0 fully saturated rings. The molecule has 0 atom stereocenters. The number of benzene rings is 1. The number of halogens is 1. The Morgan fingerprint density at radius 2 is 1.92 bits per heavy atom. The quantitative estimate of drug-likeness (QED) is 0.447. The van der Waals surface area contributed by atoms with Crippen LogP contribution in [-0.2, 0) is 4.79 Å². The van der Waals surface area contributed by atoms with Gasteiger partial charge in [-0.25, -0.2) is 14.6 Å². The Kier molecular flexibility index (Phi) is 5.75. The topological polar surface area (TPSA) is 99.0 Å². The van der Waals surface area contributed by atoms with Gasteiger partial charge in [0.2, 0.25) is 0 Å². The molecule has 0 unspecified atom stereocenters. The van der Waals surface area contributed by atoms with E-state index in [0.717, 1.165) is 5.69 Å². The van der Waals surface area contributed by atoms with Gasteiger partial charge in [-0.05, 0) is 43.7 Å². The highest BCUT2D eigenvalue weighted by Gasteiger charge is 2.15. The van der Waals surface area contributed by atoms with Crippen LogP contribution in [0, 0.1) is 31.0 Å². The number of hydrogen-bond donors (Lipinski definition) is 3. The van der Waals surface area contributed by atoms with Crippen LogP contribution in [0.25, 0.3) is 11.8 Å². The van der Waals surface area contributed by atoms with E-state index >= 15 is 0 Å². The zero-order chi connectivity index (χ0) is 19.3. The van der Waals surface area contributed by atoms with Gasteiger partial charge in [-0.15, -0.1) is 0 Å². The van der Waals surface area contributed by atoms with Crippen molar-refractivity contribution in [2.75, 3.05) is 7.05 Å². The molecule has 2 aromatic rings. The molecule has 0 bridgehead atoms. The fraction of sp³-hybridized carbons (Fsp3) is 0.167. The molecule has 0 radical (unpaired) electrons. The lowest BCUT2D eigenvalue weighted by Gasteiger charge is -2.10. The molecular formula is C18H18FN5O2. The molecule has 0 aliphatic heterocycles. The summed E-state index contributed by atoms with van der Waals surface area (Å²) in [5.74, 6) is -1.13. The minimum atomic E-state index is -0.758. The lowest BCUT2D eigenvalue weighted by molar-refractivity contribution is -0.117. The van der Waals surface area contributed by atoms with E-state index in [0.29, 0.717) is 16.9 Å². The number of carbonyl (C=O) groups is 2. The van der Waals surface area contributed by atoms with Crippen LogP contribution in [0.2, 0.25) is 0 Å². The third-order valence-corrected chi connectivity index (χ3v) is 3.75. The van der Waals surface area contributed by atoms with Gasteiger partial charge in [0, 0.05) is 18.4 Å². The number of urea groups is 1. The van der Waals surface area contributed by atoms with E-state index in [-0.39, 0.29) is 11.4 Å². The number of para-hydroxylation sites is 1. The molecule has 2 rings (SSSR count). The van der Waals surface area contributed by atoms with E-state index in [9.17, 15) is 19.2 Å². The highest BCUT2D eigenvalue weighted by atomic mass is 19.1. The molecule has 0 saturated carbocycles. The Bertz CT molecular complexity index is 924. The van der Waals surface area contributed by atoms with Crippen LogP contribution in [-0.4, -0.2) is 23.6 Å². The maximum atomic E-state index is 14.1. The highest BCUT2D eigenvalue weighted by molar-refractivity contribution is 6.02. The molecule has 0 aliphatic carbocycles. The van der Waals surface area contributed by atoms with Gasteiger partial charge in [0.15, 0.2) is 0 Å². The van der Waals surface area contributed by atoms with Gasteiger partial charge in [0.05, 0.1) is 5.69 Å². The molecule has 7 nitrogen and oxygen atoms in total. The first-order valence-corrected chi connectivity index (χ1v) is 7.72. The summed E-state index contributed by atoms with van der Waals surface area (Å²) in [5, 5.41) is 11.5. The summed E-state index contributed by atoms with van der Waals surface area (Å²) >= 11 is 0. The lowest BCUT2D eigenvalue weighted by Crippen LogP contribution is -2.46. The number of aromatic nitrogens is 1. The molecule has 1 aromatic heterocycles. The fourth-order valence-electron chi connectivity index (χ4n) is 2.48. The number of amides is 3. The van der Waals surface area contributed by atoms with Gasteiger partial charge in [0.1, 0.15) is 17.5 Å². The van der Waals surface area contributed by atoms with Crippen molar-refractivity contribution >= 4 is 18.0 Å². The lowest BCUT2D eigenvalue weighted by atomic mass is 10.1. The molecular weight excluding hydrogens is 337 g/mol. The molecule has 134 valence electrons. The summed E-state index contributed by atoms with van der Waals surface area (Å²) in [6.45, 7) is 3.57. The van der Waals surface area contributed by atoms with Crippen molar-refractivity contribution in [1.29, 1.82) is 5.26 Å². The van der Waals surface area contributed by atoms with E-state index in [2.05, 4.69) is 16.2 Å². The number of aryl methyl sites for hydroxylation is 1. The Labute approximate surface area is 150 Å². The van der Waals surface area contributed by atoms with Gasteiger partial charge >= 0.3 is 6.03 Å². The van der Waals surface area contributed by atoms with Crippen molar-refractivity contribution < 1.29 is 14.0 Å². The minimum absolute atomic E-state index is 0.199. The van der Waals surface area contributed by atoms with Crippen LogP contribution in [0.3, 0.4) is 0 Å². The summed E-state index contributed by atoms with van der Waals surface area (Å²) in [5.41, 5.74) is 6.43. The minimum Gasteiger partial charge on any atom is -0.340 e. The van der Waals surface area contributed by atoms with Crippen molar-refractivity contribution in [3.8, 4) is 11.8 Å². The number of hydrazine groups is 1. The van der Waals surface area contributed by atoms with Crippen molar-refractivity contribution in [2.24, 2.45) is 0 Å². The first-order chi connectivity index (χ1) is 12.4. The maximum Gasteiger partial charge on any atom is 0.333 e. The molecule has 1 aromatic carbocycles. The monoisotopic (exact) mass is 355 g/mol.